The first-order chi connectivity index (χ1) is 9.13. The minimum Gasteiger partial charge on any atom is -0.481 e. The van der Waals surface area contributed by atoms with Gasteiger partial charge in [0.05, 0.1) is 39.5 Å². The molecule has 1 aromatic heterocycles. The van der Waals surface area contributed by atoms with Crippen molar-refractivity contribution in [2.75, 3.05) is 32.8 Å². The number of carboxylic acids is 1. The van der Waals surface area contributed by atoms with Gasteiger partial charge in [0.1, 0.15) is 5.92 Å². The quantitative estimate of drug-likeness (QED) is 0.770. The molecule has 0 bridgehead atoms. The van der Waals surface area contributed by atoms with Crippen LogP contribution < -0.4 is 14.8 Å². The number of aromatic nitrogens is 2. The fraction of sp³-hybridized carbons (Fsp3) is 0.545. The molecule has 1 aromatic rings. The molecule has 2 unspecified atom stereocenters. The van der Waals surface area contributed by atoms with E-state index in [1.165, 1.54) is 20.3 Å². The van der Waals surface area contributed by atoms with Crippen LogP contribution in [0.3, 0.4) is 0 Å². The van der Waals surface area contributed by atoms with Gasteiger partial charge in [-0.25, -0.2) is 0 Å². The van der Waals surface area contributed by atoms with Crippen LogP contribution in [0.5, 0.6) is 11.8 Å². The molecular formula is C11H15N3O5. The smallest absolute Gasteiger partial charge is 0.311 e. The number of nitrogens with one attached hydrogen (secondary N) is 1. The Morgan fingerprint density at radius 1 is 1.37 bits per heavy atom. The number of aliphatic carboxylic acids is 1. The van der Waals surface area contributed by atoms with Crippen LogP contribution in [0, 0.1) is 5.92 Å². The highest BCUT2D eigenvalue weighted by molar-refractivity contribution is 5.72. The van der Waals surface area contributed by atoms with E-state index in [9.17, 15) is 4.79 Å². The molecular weight excluding hydrogens is 254 g/mol. The van der Waals surface area contributed by atoms with E-state index in [1.807, 2.05) is 0 Å². The van der Waals surface area contributed by atoms with E-state index in [-0.39, 0.29) is 18.6 Å². The summed E-state index contributed by atoms with van der Waals surface area (Å²) in [6.45, 7) is 0.466. The molecule has 0 spiro atoms. The molecule has 2 N–H and O–H groups in total. The van der Waals surface area contributed by atoms with E-state index in [0.29, 0.717) is 18.4 Å². The second kappa shape index (κ2) is 5.70. The van der Waals surface area contributed by atoms with Crippen molar-refractivity contribution in [3.8, 4) is 11.8 Å². The largest absolute Gasteiger partial charge is 0.481 e. The van der Waals surface area contributed by atoms with Crippen molar-refractivity contribution in [3.05, 3.63) is 6.07 Å². The molecule has 2 heterocycles. The molecule has 19 heavy (non-hydrogen) atoms. The zero-order valence-electron chi connectivity index (χ0n) is 10.6. The molecule has 1 saturated heterocycles. The summed E-state index contributed by atoms with van der Waals surface area (Å²) in [6.07, 6.45) is 0. The number of nitrogens with zero attached hydrogens (tertiary/aromatic N) is 2. The zero-order chi connectivity index (χ0) is 13.8. The predicted octanol–water partition coefficient (Wildman–Crippen LogP) is 0.00530. The molecule has 2 atom stereocenters. The maximum atomic E-state index is 11.0. The van der Waals surface area contributed by atoms with Crippen LogP contribution in [0.2, 0.25) is 0 Å². The van der Waals surface area contributed by atoms with Crippen molar-refractivity contribution in [3.63, 3.8) is 0 Å². The van der Waals surface area contributed by atoms with Crippen LogP contribution in [0.1, 0.15) is 0 Å². The third kappa shape index (κ3) is 3.02. The normalized spacial score (nSPS) is 22.0. The van der Waals surface area contributed by atoms with E-state index >= 15 is 0 Å². The van der Waals surface area contributed by atoms with Crippen LogP contribution in [0.15, 0.2) is 6.07 Å². The number of ether oxygens (including phenoxy) is 3. The Labute approximate surface area is 109 Å². The summed E-state index contributed by atoms with van der Waals surface area (Å²) in [7, 11) is 2.95. The number of hydrogen-bond acceptors (Lipinski definition) is 7. The lowest BCUT2D eigenvalue weighted by Gasteiger charge is -2.16. The highest BCUT2D eigenvalue weighted by Gasteiger charge is 2.34. The van der Waals surface area contributed by atoms with Gasteiger partial charge in [0, 0.05) is 0 Å². The molecule has 2 rings (SSSR count). The summed E-state index contributed by atoms with van der Waals surface area (Å²) < 4.78 is 15.2. The summed E-state index contributed by atoms with van der Waals surface area (Å²) in [6, 6.07) is 1.15. The number of methoxy groups -OCH3 is 2. The Bertz CT molecular complexity index is 445. The average molecular weight is 269 g/mol. The molecule has 8 heteroatoms. The molecule has 0 radical (unpaired) electrons. The number of carboxylic acid groups (broad SMARTS) is 1. The molecule has 1 aliphatic rings. The fourth-order valence-electron chi connectivity index (χ4n) is 1.78. The highest BCUT2D eigenvalue weighted by Crippen LogP contribution is 2.21. The number of anilines is 1. The Balaban J connectivity index is 2.16. The summed E-state index contributed by atoms with van der Waals surface area (Å²) in [5.74, 6) is -0.621. The van der Waals surface area contributed by atoms with Gasteiger partial charge in [-0.15, -0.1) is 0 Å². The second-order valence-electron chi connectivity index (χ2n) is 4.01. The van der Waals surface area contributed by atoms with Gasteiger partial charge in [-0.2, -0.15) is 9.97 Å². The first-order valence-electron chi connectivity index (χ1n) is 5.68. The van der Waals surface area contributed by atoms with Crippen molar-refractivity contribution in [1.82, 2.24) is 9.97 Å². The van der Waals surface area contributed by atoms with E-state index in [4.69, 9.17) is 19.3 Å². The lowest BCUT2D eigenvalue weighted by molar-refractivity contribution is -0.141. The van der Waals surface area contributed by atoms with E-state index in [1.54, 1.807) is 0 Å². The zero-order valence-corrected chi connectivity index (χ0v) is 10.6. The molecule has 1 fully saturated rings. The van der Waals surface area contributed by atoms with Gasteiger partial charge in [-0.05, 0) is 0 Å². The lowest BCUT2D eigenvalue weighted by atomic mass is 10.0. The molecule has 0 saturated carbocycles. The first-order valence-corrected chi connectivity index (χ1v) is 5.68. The first kappa shape index (κ1) is 13.3. The Morgan fingerprint density at radius 3 is 2.53 bits per heavy atom. The van der Waals surface area contributed by atoms with Crippen LogP contribution >= 0.6 is 0 Å². The fourth-order valence-corrected chi connectivity index (χ4v) is 1.78. The van der Waals surface area contributed by atoms with Crippen LogP contribution in [0.25, 0.3) is 0 Å². The number of carbonyl (C=O) groups is 1. The molecule has 1 aliphatic heterocycles. The van der Waals surface area contributed by atoms with Gasteiger partial charge in [-0.1, -0.05) is 0 Å². The molecule has 0 amide bonds. The number of hydrogen-bond donors (Lipinski definition) is 2. The van der Waals surface area contributed by atoms with Crippen molar-refractivity contribution in [1.29, 1.82) is 0 Å². The van der Waals surface area contributed by atoms with Gasteiger partial charge in [0.25, 0.3) is 0 Å². The third-order valence-electron chi connectivity index (χ3n) is 2.81. The van der Waals surface area contributed by atoms with Crippen molar-refractivity contribution in [2.24, 2.45) is 5.92 Å². The van der Waals surface area contributed by atoms with E-state index < -0.39 is 11.9 Å². The van der Waals surface area contributed by atoms with E-state index in [0.717, 1.165) is 0 Å². The third-order valence-corrected chi connectivity index (χ3v) is 2.81. The van der Waals surface area contributed by atoms with Crippen molar-refractivity contribution in [2.45, 2.75) is 6.04 Å². The maximum absolute atomic E-state index is 11.0. The molecule has 104 valence electrons. The summed E-state index contributed by atoms with van der Waals surface area (Å²) >= 11 is 0. The Hall–Kier alpha value is -2.09. The van der Waals surface area contributed by atoms with Gasteiger partial charge in [-0.3, -0.25) is 4.79 Å². The summed E-state index contributed by atoms with van der Waals surface area (Å²) in [5.41, 5.74) is 0. The monoisotopic (exact) mass is 269 g/mol. The average Bonchev–Trinajstić information content (AvgIpc) is 2.86. The maximum Gasteiger partial charge on any atom is 0.311 e. The minimum absolute atomic E-state index is 0.175. The highest BCUT2D eigenvalue weighted by atomic mass is 16.5. The second-order valence-corrected chi connectivity index (χ2v) is 4.01. The van der Waals surface area contributed by atoms with Gasteiger partial charge < -0.3 is 24.6 Å². The molecule has 0 aliphatic carbocycles. The van der Waals surface area contributed by atoms with Gasteiger partial charge >= 0.3 is 5.97 Å². The minimum atomic E-state index is -0.912. The van der Waals surface area contributed by atoms with Crippen LogP contribution in [0.4, 0.5) is 5.95 Å². The number of rotatable bonds is 5. The standard InChI is InChI=1S/C11H15N3O5/c1-17-8-3-9(18-2)14-11(13-8)12-7-5-19-4-6(7)10(15)16/h3,6-7H,4-5H2,1-2H3,(H,15,16)(H,12,13,14). The Kier molecular flexibility index (Phi) is 4.00. The van der Waals surface area contributed by atoms with Crippen LogP contribution in [-0.2, 0) is 9.53 Å². The van der Waals surface area contributed by atoms with Crippen molar-refractivity contribution >= 4 is 11.9 Å². The van der Waals surface area contributed by atoms with Crippen LogP contribution in [-0.4, -0.2) is 54.5 Å². The summed E-state index contributed by atoms with van der Waals surface area (Å²) in [5, 5.41) is 12.0. The van der Waals surface area contributed by atoms with Gasteiger partial charge in [0.2, 0.25) is 17.7 Å². The topological polar surface area (TPSA) is 103 Å². The summed E-state index contributed by atoms with van der Waals surface area (Å²) in [4.78, 5) is 19.2. The van der Waals surface area contributed by atoms with Crippen molar-refractivity contribution < 1.29 is 24.1 Å². The lowest BCUT2D eigenvalue weighted by Crippen LogP contribution is -2.33. The Morgan fingerprint density at radius 2 is 2.00 bits per heavy atom. The molecule has 0 aromatic carbocycles. The molecule has 8 nitrogen and oxygen atoms in total. The van der Waals surface area contributed by atoms with Gasteiger partial charge in [0.15, 0.2) is 0 Å². The predicted molar refractivity (Wildman–Crippen MR) is 64.5 cm³/mol. The van der Waals surface area contributed by atoms with E-state index in [2.05, 4.69) is 15.3 Å². The SMILES string of the molecule is COc1cc(OC)nc(NC2COCC2C(=O)O)n1.